The van der Waals surface area contributed by atoms with Crippen LogP contribution in [0.15, 0.2) is 17.0 Å². The minimum absolute atomic E-state index is 0.101. The number of hydrogen-bond acceptors (Lipinski definition) is 2. The number of hydrogen-bond donors (Lipinski definition) is 0. The molecule has 0 unspecified atom stereocenters. The van der Waals surface area contributed by atoms with Crippen molar-refractivity contribution in [1.29, 1.82) is 0 Å². The largest absolute Gasteiger partial charge is 0.268 e. The summed E-state index contributed by atoms with van der Waals surface area (Å²) >= 11 is 5.37. The van der Waals surface area contributed by atoms with E-state index < -0.39 is 29.8 Å². The van der Waals surface area contributed by atoms with Gasteiger partial charge in [0.15, 0.2) is 0 Å². The standard InChI is InChI=1S/C5H5ClN2O/c1-8-5(9)2-4(6)3-7-8/h2-3H,1H3/i1D3,2D,3D. The summed E-state index contributed by atoms with van der Waals surface area (Å²) in [6, 6.07) is -0.734. The van der Waals surface area contributed by atoms with Crippen LogP contribution in [0.2, 0.25) is 5.02 Å². The quantitative estimate of drug-likeness (QED) is 0.537. The molecule has 1 heterocycles. The monoisotopic (exact) mass is 149 g/mol. The first kappa shape index (κ1) is 2.42. The zero-order valence-electron chi connectivity index (χ0n) is 9.18. The summed E-state index contributed by atoms with van der Waals surface area (Å²) in [4.78, 5) is 11.2. The first-order valence-corrected chi connectivity index (χ1v) is 2.39. The van der Waals surface area contributed by atoms with Gasteiger partial charge in [-0.2, -0.15) is 5.10 Å². The molecule has 0 bridgehead atoms. The lowest BCUT2D eigenvalue weighted by molar-refractivity contribution is 0.707. The highest BCUT2D eigenvalue weighted by Gasteiger charge is 1.89. The van der Waals surface area contributed by atoms with Crippen molar-refractivity contribution in [2.45, 2.75) is 0 Å². The molecule has 1 rings (SSSR count). The maximum atomic E-state index is 11.2. The van der Waals surface area contributed by atoms with E-state index in [1.165, 1.54) is 0 Å². The van der Waals surface area contributed by atoms with E-state index in [4.69, 9.17) is 18.5 Å². The van der Waals surface area contributed by atoms with Crippen LogP contribution < -0.4 is 5.56 Å². The van der Waals surface area contributed by atoms with Gasteiger partial charge in [0.1, 0.15) is 0 Å². The van der Waals surface area contributed by atoms with Crippen LogP contribution in [0.3, 0.4) is 0 Å². The van der Waals surface area contributed by atoms with Crippen LogP contribution in [0.5, 0.6) is 0 Å². The third-order valence-corrected chi connectivity index (χ3v) is 0.836. The molecule has 1 aromatic rings. The Kier molecular flexibility index (Phi) is 0.589. The molecular formula is C5H5ClN2O. The van der Waals surface area contributed by atoms with Gasteiger partial charge in [0.05, 0.1) is 13.9 Å². The molecule has 0 aliphatic carbocycles. The Labute approximate surface area is 63.9 Å². The lowest BCUT2D eigenvalue weighted by Crippen LogP contribution is -2.17. The number of aromatic nitrogens is 2. The molecule has 0 atom stereocenters. The normalized spacial score (nSPS) is 19.0. The highest BCUT2D eigenvalue weighted by Crippen LogP contribution is 1.97. The highest BCUT2D eigenvalue weighted by molar-refractivity contribution is 6.30. The van der Waals surface area contributed by atoms with E-state index >= 15 is 0 Å². The van der Waals surface area contributed by atoms with Gasteiger partial charge in [-0.15, -0.1) is 0 Å². The maximum absolute atomic E-state index is 11.2. The van der Waals surface area contributed by atoms with Crippen molar-refractivity contribution < 1.29 is 6.85 Å². The number of nitrogens with zero attached hydrogens (tertiary/aromatic N) is 2. The van der Waals surface area contributed by atoms with Crippen molar-refractivity contribution in [3.8, 4) is 0 Å². The summed E-state index contributed by atoms with van der Waals surface area (Å²) in [5.74, 6) is 0. The molecule has 0 amide bonds. The molecule has 0 N–H and O–H groups in total. The summed E-state index contributed by atoms with van der Waals surface area (Å²) in [6.45, 7) is -2.80. The van der Waals surface area contributed by atoms with Crippen molar-refractivity contribution in [1.82, 2.24) is 9.78 Å². The molecular weight excluding hydrogens is 140 g/mol. The zero-order valence-corrected chi connectivity index (χ0v) is 4.94. The summed E-state index contributed by atoms with van der Waals surface area (Å²) < 4.78 is 35.0. The summed E-state index contributed by atoms with van der Waals surface area (Å²) in [7, 11) is 0. The minimum Gasteiger partial charge on any atom is -0.268 e. The average Bonchev–Trinajstić information content (AvgIpc) is 2.06. The fraction of sp³-hybridized carbons (Fsp3) is 0.200. The van der Waals surface area contributed by atoms with Crippen LogP contribution in [0.25, 0.3) is 0 Å². The van der Waals surface area contributed by atoms with Gasteiger partial charge in [0.2, 0.25) is 0 Å². The summed E-state index contributed by atoms with van der Waals surface area (Å²) in [5, 5.41) is 2.71. The van der Waals surface area contributed by atoms with Crippen molar-refractivity contribution in [3.05, 3.63) is 27.6 Å². The number of halogens is 1. The van der Waals surface area contributed by atoms with Gasteiger partial charge < -0.3 is 0 Å². The van der Waals surface area contributed by atoms with Crippen LogP contribution in [-0.4, -0.2) is 9.78 Å². The van der Waals surface area contributed by atoms with Gasteiger partial charge >= 0.3 is 0 Å². The summed E-state index contributed by atoms with van der Waals surface area (Å²) in [6.07, 6.45) is -0.604. The van der Waals surface area contributed by atoms with Crippen molar-refractivity contribution in [2.24, 2.45) is 6.98 Å². The van der Waals surface area contributed by atoms with Gasteiger partial charge in [-0.25, -0.2) is 4.68 Å². The Bertz CT molecular complexity index is 425. The highest BCUT2D eigenvalue weighted by atomic mass is 35.5. The molecule has 1 aromatic heterocycles. The van der Waals surface area contributed by atoms with Crippen LogP contribution in [0, 0.1) is 0 Å². The predicted octanol–water partition coefficient (Wildman–Crippen LogP) is 0.434. The van der Waals surface area contributed by atoms with E-state index in [0.717, 1.165) is 0 Å². The Morgan fingerprint density at radius 2 is 2.89 bits per heavy atom. The summed E-state index contributed by atoms with van der Waals surface area (Å²) in [5.41, 5.74) is -1.13. The SMILES string of the molecule is [2H]c1nn(C([2H])([2H])[2H])c(=O)c([2H])c1Cl. The van der Waals surface area contributed by atoms with E-state index in [2.05, 4.69) is 5.10 Å². The van der Waals surface area contributed by atoms with Crippen LogP contribution >= 0.6 is 11.6 Å². The fourth-order valence-electron chi connectivity index (χ4n) is 0.314. The first-order chi connectivity index (χ1) is 6.25. The third kappa shape index (κ3) is 1.29. The van der Waals surface area contributed by atoms with Crippen molar-refractivity contribution in [2.75, 3.05) is 0 Å². The van der Waals surface area contributed by atoms with Crippen LogP contribution in [-0.2, 0) is 6.98 Å². The number of rotatable bonds is 0. The Hall–Kier alpha value is -0.830. The third-order valence-electron chi connectivity index (χ3n) is 0.657. The average molecular weight is 150 g/mol. The minimum atomic E-state index is -2.80. The molecule has 0 aliphatic rings. The smallest absolute Gasteiger partial charge is 0.267 e. The Morgan fingerprint density at radius 3 is 3.56 bits per heavy atom. The van der Waals surface area contributed by atoms with Gasteiger partial charge in [0, 0.05) is 17.1 Å². The van der Waals surface area contributed by atoms with Crippen LogP contribution in [0.4, 0.5) is 0 Å². The van der Waals surface area contributed by atoms with E-state index in [0.29, 0.717) is 0 Å². The predicted molar refractivity (Wildman–Crippen MR) is 34.5 cm³/mol. The Balaban J connectivity index is 3.58. The number of aryl methyl sites for hydroxylation is 1. The van der Waals surface area contributed by atoms with E-state index in [1.54, 1.807) is 0 Å². The van der Waals surface area contributed by atoms with Gasteiger partial charge in [-0.3, -0.25) is 4.79 Å². The molecule has 0 aliphatic heterocycles. The molecule has 0 saturated heterocycles. The molecule has 0 aromatic carbocycles. The zero-order chi connectivity index (χ0) is 11.1. The van der Waals surface area contributed by atoms with Crippen molar-refractivity contribution >= 4 is 11.6 Å². The molecule has 9 heavy (non-hydrogen) atoms. The lowest BCUT2D eigenvalue weighted by Gasteiger charge is -1.91. The second-order valence-corrected chi connectivity index (χ2v) is 1.65. The van der Waals surface area contributed by atoms with Gasteiger partial charge in [-0.1, -0.05) is 11.6 Å². The second kappa shape index (κ2) is 2.19. The van der Waals surface area contributed by atoms with Gasteiger partial charge in [-0.05, 0) is 0 Å². The first-order valence-electron chi connectivity index (χ1n) is 4.51. The molecule has 0 spiro atoms. The molecule has 48 valence electrons. The van der Waals surface area contributed by atoms with E-state index in [-0.39, 0.29) is 4.68 Å². The molecule has 4 heteroatoms. The Morgan fingerprint density at radius 1 is 2.11 bits per heavy atom. The van der Waals surface area contributed by atoms with Crippen LogP contribution in [0.1, 0.15) is 6.85 Å². The maximum Gasteiger partial charge on any atom is 0.267 e. The second-order valence-electron chi connectivity index (χ2n) is 1.27. The van der Waals surface area contributed by atoms with Crippen molar-refractivity contribution in [3.63, 3.8) is 0 Å². The van der Waals surface area contributed by atoms with E-state index in [9.17, 15) is 4.79 Å². The molecule has 0 saturated carbocycles. The molecule has 0 fully saturated rings. The lowest BCUT2D eigenvalue weighted by atomic mass is 10.6. The fourth-order valence-corrected chi connectivity index (χ4v) is 0.433. The molecule has 3 nitrogen and oxygen atoms in total. The molecule has 0 radical (unpaired) electrons. The van der Waals surface area contributed by atoms with E-state index in [1.807, 2.05) is 0 Å². The van der Waals surface area contributed by atoms with Gasteiger partial charge in [0.25, 0.3) is 5.56 Å². The topological polar surface area (TPSA) is 34.9 Å².